The van der Waals surface area contributed by atoms with Gasteiger partial charge in [0.05, 0.1) is 6.10 Å². The summed E-state index contributed by atoms with van der Waals surface area (Å²) >= 11 is 0. The van der Waals surface area contributed by atoms with E-state index < -0.39 is 11.9 Å². The first-order valence-corrected chi connectivity index (χ1v) is 3.66. The molecule has 0 aliphatic carbocycles. The van der Waals surface area contributed by atoms with Gasteiger partial charge in [0.25, 0.3) is 0 Å². The van der Waals surface area contributed by atoms with E-state index >= 15 is 0 Å². The maximum atomic E-state index is 9.47. The Labute approximate surface area is 60.6 Å². The van der Waals surface area contributed by atoms with Gasteiger partial charge in [-0.05, 0) is 6.92 Å². The van der Waals surface area contributed by atoms with Crippen molar-refractivity contribution in [1.82, 2.24) is 0 Å². The minimum Gasteiger partial charge on any atom is -0.387 e. The minimum absolute atomic E-state index is 0.0278. The van der Waals surface area contributed by atoms with Crippen molar-refractivity contribution in [2.24, 2.45) is 0 Å². The Morgan fingerprint density at radius 2 is 2.30 bits per heavy atom. The molecule has 0 saturated carbocycles. The Balaban J connectivity index is 2.61. The fraction of sp³-hybridized carbons (Fsp3) is 1.00. The molecule has 3 unspecified atom stereocenters. The molecule has 0 spiro atoms. The van der Waals surface area contributed by atoms with Crippen LogP contribution in [0.4, 0.5) is 0 Å². The van der Waals surface area contributed by atoms with Gasteiger partial charge in [0.15, 0.2) is 5.79 Å². The van der Waals surface area contributed by atoms with Gasteiger partial charge in [0.2, 0.25) is 0 Å². The van der Waals surface area contributed by atoms with Gasteiger partial charge >= 0.3 is 0 Å². The molecular weight excluding hydrogens is 132 g/mol. The summed E-state index contributed by atoms with van der Waals surface area (Å²) in [5, 5.41) is 18.7. The summed E-state index contributed by atoms with van der Waals surface area (Å²) in [6.45, 7) is 3.64. The first-order valence-electron chi connectivity index (χ1n) is 3.66. The van der Waals surface area contributed by atoms with E-state index in [9.17, 15) is 10.2 Å². The van der Waals surface area contributed by atoms with E-state index in [1.165, 1.54) is 0 Å². The summed E-state index contributed by atoms with van der Waals surface area (Å²) < 4.78 is 5.12. The van der Waals surface area contributed by atoms with E-state index in [-0.39, 0.29) is 6.10 Å². The predicted octanol–water partition coefficient (Wildman–Crippen LogP) is 0.255. The van der Waals surface area contributed by atoms with E-state index in [1.807, 2.05) is 6.92 Å². The number of aliphatic hydroxyl groups is 2. The van der Waals surface area contributed by atoms with E-state index in [1.54, 1.807) is 6.92 Å². The highest BCUT2D eigenvalue weighted by molar-refractivity contribution is 4.84. The molecule has 1 fully saturated rings. The third kappa shape index (κ3) is 1.17. The van der Waals surface area contributed by atoms with Crippen LogP contribution in [0.15, 0.2) is 0 Å². The number of rotatable bonds is 1. The summed E-state index contributed by atoms with van der Waals surface area (Å²) in [5.41, 5.74) is 0. The Morgan fingerprint density at radius 3 is 2.50 bits per heavy atom. The van der Waals surface area contributed by atoms with Crippen LogP contribution < -0.4 is 0 Å². The normalized spacial score (nSPS) is 48.0. The lowest BCUT2D eigenvalue weighted by molar-refractivity contribution is -0.226. The zero-order valence-corrected chi connectivity index (χ0v) is 6.37. The highest BCUT2D eigenvalue weighted by Crippen LogP contribution is 2.30. The Bertz CT molecular complexity index is 126. The Hall–Kier alpha value is -0.120. The minimum atomic E-state index is -1.28. The zero-order chi connectivity index (χ0) is 7.78. The monoisotopic (exact) mass is 146 g/mol. The molecule has 2 N–H and O–H groups in total. The standard InChI is InChI=1S/C7H14O3/c1-3-7(9)6(8)4-5(2)10-7/h5-6,8-9H,3-4H2,1-2H3. The topological polar surface area (TPSA) is 49.7 Å². The second-order valence-electron chi connectivity index (χ2n) is 2.88. The lowest BCUT2D eigenvalue weighted by Crippen LogP contribution is -2.38. The summed E-state index contributed by atoms with van der Waals surface area (Å²) in [6, 6.07) is 0. The molecule has 0 bridgehead atoms. The van der Waals surface area contributed by atoms with Gasteiger partial charge in [-0.1, -0.05) is 6.92 Å². The molecule has 3 atom stereocenters. The number of hydrogen-bond acceptors (Lipinski definition) is 3. The Kier molecular flexibility index (Phi) is 1.99. The summed E-state index contributed by atoms with van der Waals surface area (Å²) in [5.74, 6) is -1.28. The van der Waals surface area contributed by atoms with Gasteiger partial charge in [-0.25, -0.2) is 0 Å². The highest BCUT2D eigenvalue weighted by atomic mass is 16.7. The van der Waals surface area contributed by atoms with Gasteiger partial charge in [-0.3, -0.25) is 0 Å². The average Bonchev–Trinajstić information content (AvgIpc) is 2.09. The van der Waals surface area contributed by atoms with Crippen LogP contribution >= 0.6 is 0 Å². The van der Waals surface area contributed by atoms with Crippen molar-refractivity contribution in [3.05, 3.63) is 0 Å². The third-order valence-electron chi connectivity index (χ3n) is 1.99. The van der Waals surface area contributed by atoms with Gasteiger partial charge in [-0.2, -0.15) is 0 Å². The van der Waals surface area contributed by atoms with E-state index in [2.05, 4.69) is 0 Å². The molecule has 60 valence electrons. The third-order valence-corrected chi connectivity index (χ3v) is 1.99. The molecule has 0 aromatic heterocycles. The predicted molar refractivity (Wildman–Crippen MR) is 36.4 cm³/mol. The molecule has 1 saturated heterocycles. The maximum Gasteiger partial charge on any atom is 0.192 e. The molecule has 1 aliphatic heterocycles. The van der Waals surface area contributed by atoms with Crippen molar-refractivity contribution in [3.63, 3.8) is 0 Å². The van der Waals surface area contributed by atoms with Crippen molar-refractivity contribution >= 4 is 0 Å². The van der Waals surface area contributed by atoms with E-state index in [4.69, 9.17) is 4.74 Å². The van der Waals surface area contributed by atoms with Crippen molar-refractivity contribution < 1.29 is 14.9 Å². The van der Waals surface area contributed by atoms with E-state index in [0.717, 1.165) is 0 Å². The molecule has 1 rings (SSSR count). The largest absolute Gasteiger partial charge is 0.387 e. The summed E-state index contributed by atoms with van der Waals surface area (Å²) in [6.07, 6.45) is 0.232. The molecular formula is C7H14O3. The quantitative estimate of drug-likeness (QED) is 0.557. The molecule has 0 amide bonds. The smallest absolute Gasteiger partial charge is 0.192 e. The fourth-order valence-corrected chi connectivity index (χ4v) is 1.29. The fourth-order valence-electron chi connectivity index (χ4n) is 1.29. The average molecular weight is 146 g/mol. The van der Waals surface area contributed by atoms with E-state index in [0.29, 0.717) is 12.8 Å². The number of hydrogen-bond donors (Lipinski definition) is 2. The van der Waals surface area contributed by atoms with Crippen molar-refractivity contribution in [2.75, 3.05) is 0 Å². The first kappa shape index (κ1) is 7.98. The maximum absolute atomic E-state index is 9.47. The molecule has 0 radical (unpaired) electrons. The summed E-state index contributed by atoms with van der Waals surface area (Å²) in [7, 11) is 0. The zero-order valence-electron chi connectivity index (χ0n) is 6.37. The van der Waals surface area contributed by atoms with Crippen LogP contribution in [-0.2, 0) is 4.74 Å². The van der Waals surface area contributed by atoms with Crippen LogP contribution in [0.5, 0.6) is 0 Å². The van der Waals surface area contributed by atoms with Crippen molar-refractivity contribution in [2.45, 2.75) is 44.7 Å². The number of ether oxygens (including phenoxy) is 1. The van der Waals surface area contributed by atoms with Crippen LogP contribution in [-0.4, -0.2) is 28.2 Å². The molecule has 0 aromatic rings. The van der Waals surface area contributed by atoms with Crippen LogP contribution in [0.2, 0.25) is 0 Å². The first-order chi connectivity index (χ1) is 4.58. The van der Waals surface area contributed by atoms with Gasteiger partial charge in [0.1, 0.15) is 6.10 Å². The summed E-state index contributed by atoms with van der Waals surface area (Å²) in [4.78, 5) is 0. The lowest BCUT2D eigenvalue weighted by Gasteiger charge is -2.23. The van der Waals surface area contributed by atoms with Crippen LogP contribution in [0.3, 0.4) is 0 Å². The van der Waals surface area contributed by atoms with Crippen LogP contribution in [0, 0.1) is 0 Å². The highest BCUT2D eigenvalue weighted by Gasteiger charge is 2.43. The molecule has 3 nitrogen and oxygen atoms in total. The molecule has 3 heteroatoms. The second-order valence-corrected chi connectivity index (χ2v) is 2.88. The second kappa shape index (κ2) is 2.49. The Morgan fingerprint density at radius 1 is 1.70 bits per heavy atom. The van der Waals surface area contributed by atoms with Gasteiger partial charge in [0, 0.05) is 12.8 Å². The molecule has 1 aliphatic rings. The van der Waals surface area contributed by atoms with Crippen LogP contribution in [0.25, 0.3) is 0 Å². The lowest BCUT2D eigenvalue weighted by atomic mass is 10.1. The van der Waals surface area contributed by atoms with Crippen molar-refractivity contribution in [1.29, 1.82) is 0 Å². The van der Waals surface area contributed by atoms with Crippen LogP contribution in [0.1, 0.15) is 26.7 Å². The molecule has 1 heterocycles. The SMILES string of the molecule is CCC1(O)OC(C)CC1O. The molecule has 0 aromatic carbocycles. The van der Waals surface area contributed by atoms with Gasteiger partial charge < -0.3 is 14.9 Å². The molecule has 10 heavy (non-hydrogen) atoms. The number of aliphatic hydroxyl groups excluding tert-OH is 1. The van der Waals surface area contributed by atoms with Gasteiger partial charge in [-0.15, -0.1) is 0 Å². The van der Waals surface area contributed by atoms with Crippen molar-refractivity contribution in [3.8, 4) is 0 Å².